The third-order valence-electron chi connectivity index (χ3n) is 2.46. The molecule has 15 heavy (non-hydrogen) atoms. The predicted molar refractivity (Wildman–Crippen MR) is 55.3 cm³/mol. The van der Waals surface area contributed by atoms with Crippen molar-refractivity contribution in [3.63, 3.8) is 0 Å². The first-order valence-corrected chi connectivity index (χ1v) is 4.80. The van der Waals surface area contributed by atoms with Crippen LogP contribution in [0.25, 0.3) is 0 Å². The first-order chi connectivity index (χ1) is 7.06. The Morgan fingerprint density at radius 2 is 2.07 bits per heavy atom. The van der Waals surface area contributed by atoms with Gasteiger partial charge in [0.1, 0.15) is 5.69 Å². The maximum Gasteiger partial charge on any atom is 0.238 e. The van der Waals surface area contributed by atoms with Gasteiger partial charge in [-0.2, -0.15) is 0 Å². The highest BCUT2D eigenvalue weighted by Crippen LogP contribution is 2.35. The highest BCUT2D eigenvalue weighted by atomic mass is 19.1. The molecule has 2 N–H and O–H groups in total. The Morgan fingerprint density at radius 1 is 1.47 bits per heavy atom. The van der Waals surface area contributed by atoms with Crippen molar-refractivity contribution in [2.45, 2.75) is 19.5 Å². The molecule has 1 unspecified atom stereocenters. The van der Waals surface area contributed by atoms with Crippen molar-refractivity contribution in [3.05, 3.63) is 18.1 Å². The summed E-state index contributed by atoms with van der Waals surface area (Å²) in [5.74, 6) is -0.0905. The molecule has 0 saturated carbocycles. The fraction of sp³-hybridized carbons (Fsp3) is 0.600. The number of ether oxygens (including phenoxy) is 1. The van der Waals surface area contributed by atoms with E-state index < -0.39 is 5.67 Å². The van der Waals surface area contributed by atoms with Gasteiger partial charge in [0.2, 0.25) is 5.88 Å². The molecule has 0 aliphatic rings. The maximum absolute atomic E-state index is 14.5. The van der Waals surface area contributed by atoms with Crippen LogP contribution in [0.5, 0.6) is 5.88 Å². The van der Waals surface area contributed by atoms with Gasteiger partial charge in [-0.05, 0) is 5.92 Å². The van der Waals surface area contributed by atoms with Crippen LogP contribution >= 0.6 is 0 Å². The van der Waals surface area contributed by atoms with Gasteiger partial charge >= 0.3 is 0 Å². The van der Waals surface area contributed by atoms with Gasteiger partial charge in [0, 0.05) is 18.9 Å². The smallest absolute Gasteiger partial charge is 0.238 e. The second-order valence-electron chi connectivity index (χ2n) is 3.64. The summed E-state index contributed by atoms with van der Waals surface area (Å²) >= 11 is 0. The van der Waals surface area contributed by atoms with Crippen molar-refractivity contribution in [2.24, 2.45) is 11.7 Å². The summed E-state index contributed by atoms with van der Waals surface area (Å²) in [6, 6.07) is 0. The topological polar surface area (TPSA) is 61.0 Å². The Bertz CT molecular complexity index is 332. The van der Waals surface area contributed by atoms with Crippen molar-refractivity contribution in [3.8, 4) is 5.88 Å². The van der Waals surface area contributed by atoms with E-state index in [0.29, 0.717) is 0 Å². The zero-order chi connectivity index (χ0) is 11.5. The van der Waals surface area contributed by atoms with Gasteiger partial charge in [-0.1, -0.05) is 13.8 Å². The molecule has 0 bridgehead atoms. The number of methoxy groups -OCH3 is 1. The molecule has 4 nitrogen and oxygen atoms in total. The lowest BCUT2D eigenvalue weighted by atomic mass is 9.89. The van der Waals surface area contributed by atoms with Gasteiger partial charge < -0.3 is 10.5 Å². The van der Waals surface area contributed by atoms with Crippen LogP contribution in [0.3, 0.4) is 0 Å². The highest BCUT2D eigenvalue weighted by molar-refractivity contribution is 5.25. The SMILES string of the molecule is COc1nccnc1C(F)(CN)C(C)C. The van der Waals surface area contributed by atoms with Crippen molar-refractivity contribution < 1.29 is 9.13 Å². The van der Waals surface area contributed by atoms with E-state index in [-0.39, 0.29) is 24.0 Å². The quantitative estimate of drug-likeness (QED) is 0.818. The third kappa shape index (κ3) is 2.07. The third-order valence-corrected chi connectivity index (χ3v) is 2.46. The molecule has 0 radical (unpaired) electrons. The van der Waals surface area contributed by atoms with Crippen LogP contribution in [0, 0.1) is 5.92 Å². The van der Waals surface area contributed by atoms with E-state index in [1.165, 1.54) is 19.5 Å². The number of nitrogens with two attached hydrogens (primary N) is 1. The molecule has 0 fully saturated rings. The predicted octanol–water partition coefficient (Wildman–Crippen LogP) is 1.26. The molecule has 0 aromatic carbocycles. The summed E-state index contributed by atoms with van der Waals surface area (Å²) in [4.78, 5) is 7.88. The number of hydrogen-bond acceptors (Lipinski definition) is 4. The van der Waals surface area contributed by atoms with Crippen LogP contribution in [0.1, 0.15) is 19.5 Å². The Balaban J connectivity index is 3.23. The molecule has 1 atom stereocenters. The van der Waals surface area contributed by atoms with E-state index in [1.807, 2.05) is 0 Å². The minimum Gasteiger partial charge on any atom is -0.480 e. The van der Waals surface area contributed by atoms with Crippen LogP contribution in [0.4, 0.5) is 4.39 Å². The number of rotatable bonds is 4. The van der Waals surface area contributed by atoms with E-state index in [0.717, 1.165) is 0 Å². The van der Waals surface area contributed by atoms with Crippen LogP contribution in [0.15, 0.2) is 12.4 Å². The standard InChI is InChI=1S/C10H16FN3O/c1-7(2)10(11,6-12)8-9(15-3)14-5-4-13-8/h4-5,7H,6,12H2,1-3H3. The summed E-state index contributed by atoms with van der Waals surface area (Å²) in [7, 11) is 1.44. The van der Waals surface area contributed by atoms with E-state index in [4.69, 9.17) is 10.5 Å². The second-order valence-corrected chi connectivity index (χ2v) is 3.64. The van der Waals surface area contributed by atoms with E-state index in [1.54, 1.807) is 13.8 Å². The minimum atomic E-state index is -1.69. The number of hydrogen-bond donors (Lipinski definition) is 1. The van der Waals surface area contributed by atoms with Crippen molar-refractivity contribution in [1.82, 2.24) is 9.97 Å². The van der Waals surface area contributed by atoms with Crippen molar-refractivity contribution in [1.29, 1.82) is 0 Å². The molecule has 84 valence electrons. The molecule has 5 heteroatoms. The molecule has 0 saturated heterocycles. The summed E-state index contributed by atoms with van der Waals surface area (Å²) in [6.07, 6.45) is 2.89. The number of nitrogens with zero attached hydrogens (tertiary/aromatic N) is 2. The summed E-state index contributed by atoms with van der Waals surface area (Å²) < 4.78 is 19.5. The second kappa shape index (κ2) is 4.53. The Morgan fingerprint density at radius 3 is 2.53 bits per heavy atom. The van der Waals surface area contributed by atoms with Gasteiger partial charge in [0.05, 0.1) is 7.11 Å². The summed E-state index contributed by atoms with van der Waals surface area (Å²) in [5, 5.41) is 0. The summed E-state index contributed by atoms with van der Waals surface area (Å²) in [6.45, 7) is 3.36. The molecule has 1 heterocycles. The molecule has 0 aliphatic heterocycles. The first kappa shape index (κ1) is 11.8. The van der Waals surface area contributed by atoms with E-state index in [9.17, 15) is 4.39 Å². The lowest BCUT2D eigenvalue weighted by Crippen LogP contribution is -2.37. The fourth-order valence-electron chi connectivity index (χ4n) is 1.37. The molecule has 1 aromatic rings. The molecular weight excluding hydrogens is 197 g/mol. The normalized spacial score (nSPS) is 15.1. The van der Waals surface area contributed by atoms with Gasteiger partial charge in [0.15, 0.2) is 5.67 Å². The highest BCUT2D eigenvalue weighted by Gasteiger charge is 2.39. The summed E-state index contributed by atoms with van der Waals surface area (Å²) in [5.41, 5.74) is 3.94. The van der Waals surface area contributed by atoms with E-state index in [2.05, 4.69) is 9.97 Å². The molecule has 0 amide bonds. The number of alkyl halides is 1. The average molecular weight is 213 g/mol. The number of halogens is 1. The Labute approximate surface area is 88.7 Å². The molecule has 0 aliphatic carbocycles. The van der Waals surface area contributed by atoms with Gasteiger partial charge in [0.25, 0.3) is 0 Å². The Hall–Kier alpha value is -1.23. The number of aromatic nitrogens is 2. The lowest BCUT2D eigenvalue weighted by Gasteiger charge is -2.27. The maximum atomic E-state index is 14.5. The monoisotopic (exact) mass is 213 g/mol. The van der Waals surface area contributed by atoms with Crippen LogP contribution in [-0.4, -0.2) is 23.6 Å². The van der Waals surface area contributed by atoms with E-state index >= 15 is 0 Å². The molecule has 1 rings (SSSR count). The van der Waals surface area contributed by atoms with Gasteiger partial charge in [-0.25, -0.2) is 9.37 Å². The zero-order valence-corrected chi connectivity index (χ0v) is 9.20. The van der Waals surface area contributed by atoms with Gasteiger partial charge in [-0.15, -0.1) is 0 Å². The molecular formula is C10H16FN3O. The average Bonchev–Trinajstić information content (AvgIpc) is 2.27. The van der Waals surface area contributed by atoms with Crippen LogP contribution < -0.4 is 10.5 Å². The molecule has 0 spiro atoms. The minimum absolute atomic E-state index is 0.139. The lowest BCUT2D eigenvalue weighted by molar-refractivity contribution is 0.0986. The van der Waals surface area contributed by atoms with Crippen molar-refractivity contribution >= 4 is 0 Å². The zero-order valence-electron chi connectivity index (χ0n) is 9.20. The first-order valence-electron chi connectivity index (χ1n) is 4.80. The fourth-order valence-corrected chi connectivity index (χ4v) is 1.37. The largest absolute Gasteiger partial charge is 0.480 e. The van der Waals surface area contributed by atoms with Gasteiger partial charge in [-0.3, -0.25) is 4.98 Å². The Kier molecular flexibility index (Phi) is 3.57. The van der Waals surface area contributed by atoms with Crippen molar-refractivity contribution in [2.75, 3.05) is 13.7 Å². The van der Waals surface area contributed by atoms with Crippen LogP contribution in [-0.2, 0) is 5.67 Å². The molecule has 1 aromatic heterocycles. The van der Waals surface area contributed by atoms with Crippen LogP contribution in [0.2, 0.25) is 0 Å².